The van der Waals surface area contributed by atoms with Crippen molar-refractivity contribution in [1.29, 1.82) is 0 Å². The summed E-state index contributed by atoms with van der Waals surface area (Å²) in [6.45, 7) is 10.2. The number of ether oxygens (including phenoxy) is 1. The van der Waals surface area contributed by atoms with Gasteiger partial charge in [0, 0.05) is 0 Å². The van der Waals surface area contributed by atoms with Gasteiger partial charge in [-0.05, 0) is 117 Å². The average molecular weight is 403 g/mol. The minimum atomic E-state index is -0.228. The van der Waals surface area contributed by atoms with E-state index in [-0.39, 0.29) is 12.2 Å². The van der Waals surface area contributed by atoms with Crippen LogP contribution in [-0.4, -0.2) is 23.4 Å². The van der Waals surface area contributed by atoms with E-state index in [2.05, 4.69) is 27.7 Å². The highest BCUT2D eigenvalue weighted by Gasteiger charge is 2.60. The Morgan fingerprint density at radius 1 is 0.897 bits per heavy atom. The van der Waals surface area contributed by atoms with Gasteiger partial charge in [-0.2, -0.15) is 0 Å². The van der Waals surface area contributed by atoms with Crippen LogP contribution in [0.25, 0.3) is 0 Å². The summed E-state index contributed by atoms with van der Waals surface area (Å²) in [6, 6.07) is 0. The highest BCUT2D eigenvalue weighted by molar-refractivity contribution is 5.09. The molecule has 29 heavy (non-hydrogen) atoms. The van der Waals surface area contributed by atoms with Gasteiger partial charge in [0.05, 0.1) is 12.7 Å². The standard InChI is InChI=1S/C27H46O2/c1-18(8-13-24-27(4,17-28)29-24)21-11-12-22-20-10-9-19-7-5-6-15-25(19,2)23(20)14-16-26(21,22)3/h18-24,28H,5-17H2,1-4H3/t18-,19?,20+,21-,22+,23+,24?,25+,26-,27?/m1/s1. The molecular formula is C27H46O2. The molecule has 4 aliphatic carbocycles. The number of epoxide rings is 1. The Kier molecular flexibility index (Phi) is 5.18. The Hall–Kier alpha value is -0.0800. The third-order valence-electron chi connectivity index (χ3n) is 11.6. The molecule has 0 aromatic rings. The van der Waals surface area contributed by atoms with Crippen molar-refractivity contribution in [3.63, 3.8) is 0 Å². The smallest absolute Gasteiger partial charge is 0.115 e. The van der Waals surface area contributed by atoms with Gasteiger partial charge in [0.15, 0.2) is 0 Å². The molecule has 0 spiro atoms. The highest BCUT2D eigenvalue weighted by atomic mass is 16.6. The van der Waals surface area contributed by atoms with Crippen LogP contribution in [-0.2, 0) is 4.74 Å². The van der Waals surface area contributed by atoms with Gasteiger partial charge in [0.25, 0.3) is 0 Å². The van der Waals surface area contributed by atoms with Crippen molar-refractivity contribution in [1.82, 2.24) is 0 Å². The van der Waals surface area contributed by atoms with E-state index < -0.39 is 0 Å². The average Bonchev–Trinajstić information content (AvgIpc) is 3.23. The van der Waals surface area contributed by atoms with Crippen LogP contribution in [0.2, 0.25) is 0 Å². The van der Waals surface area contributed by atoms with Crippen LogP contribution in [0.1, 0.15) is 105 Å². The van der Waals surface area contributed by atoms with E-state index in [9.17, 15) is 5.11 Å². The molecule has 166 valence electrons. The zero-order chi connectivity index (χ0) is 20.4. The van der Waals surface area contributed by atoms with Crippen LogP contribution >= 0.6 is 0 Å². The molecule has 5 aliphatic rings. The van der Waals surface area contributed by atoms with E-state index in [0.717, 1.165) is 41.9 Å². The Morgan fingerprint density at radius 2 is 1.69 bits per heavy atom. The summed E-state index contributed by atoms with van der Waals surface area (Å²) in [5.74, 6) is 5.79. The molecule has 1 N–H and O–H groups in total. The third-order valence-corrected chi connectivity index (χ3v) is 11.6. The molecule has 0 aromatic carbocycles. The van der Waals surface area contributed by atoms with Gasteiger partial charge >= 0.3 is 0 Å². The summed E-state index contributed by atoms with van der Waals surface area (Å²) >= 11 is 0. The highest BCUT2D eigenvalue weighted by Crippen LogP contribution is 2.68. The first-order valence-electron chi connectivity index (χ1n) is 13.1. The van der Waals surface area contributed by atoms with Crippen LogP contribution in [0, 0.1) is 46.3 Å². The first kappa shape index (κ1) is 20.8. The maximum atomic E-state index is 9.50. The number of rotatable bonds is 5. The Labute approximate surface area is 179 Å². The second-order valence-electron chi connectivity index (χ2n) is 12.8. The van der Waals surface area contributed by atoms with Crippen molar-refractivity contribution >= 4 is 0 Å². The van der Waals surface area contributed by atoms with Crippen molar-refractivity contribution in [3.05, 3.63) is 0 Å². The van der Waals surface area contributed by atoms with Gasteiger partial charge in [0.1, 0.15) is 5.60 Å². The summed E-state index contributed by atoms with van der Waals surface area (Å²) in [6.07, 6.45) is 17.8. The molecule has 0 amide bonds. The molecule has 0 bridgehead atoms. The molecule has 0 aromatic heterocycles. The fraction of sp³-hybridized carbons (Fsp3) is 1.00. The summed E-state index contributed by atoms with van der Waals surface area (Å²) < 4.78 is 5.78. The molecule has 1 saturated heterocycles. The predicted molar refractivity (Wildman–Crippen MR) is 119 cm³/mol. The van der Waals surface area contributed by atoms with E-state index in [1.807, 2.05) is 0 Å². The van der Waals surface area contributed by atoms with Gasteiger partial charge in [-0.3, -0.25) is 0 Å². The molecule has 4 saturated carbocycles. The summed E-state index contributed by atoms with van der Waals surface area (Å²) in [7, 11) is 0. The van der Waals surface area contributed by atoms with E-state index in [1.54, 1.807) is 0 Å². The lowest BCUT2D eigenvalue weighted by Gasteiger charge is -2.61. The maximum Gasteiger partial charge on any atom is 0.115 e. The minimum absolute atomic E-state index is 0.179. The number of aliphatic hydroxyl groups excluding tert-OH is 1. The van der Waals surface area contributed by atoms with Crippen molar-refractivity contribution in [2.75, 3.05) is 6.61 Å². The van der Waals surface area contributed by atoms with Gasteiger partial charge in [-0.15, -0.1) is 0 Å². The lowest BCUT2D eigenvalue weighted by atomic mass is 9.44. The van der Waals surface area contributed by atoms with Crippen molar-refractivity contribution in [2.24, 2.45) is 46.3 Å². The van der Waals surface area contributed by atoms with Crippen LogP contribution in [0.4, 0.5) is 0 Å². The van der Waals surface area contributed by atoms with Gasteiger partial charge < -0.3 is 9.84 Å². The van der Waals surface area contributed by atoms with Gasteiger partial charge in [0.2, 0.25) is 0 Å². The van der Waals surface area contributed by atoms with Crippen LogP contribution in [0.3, 0.4) is 0 Å². The summed E-state index contributed by atoms with van der Waals surface area (Å²) in [5, 5.41) is 9.50. The van der Waals surface area contributed by atoms with E-state index >= 15 is 0 Å². The molecule has 3 unspecified atom stereocenters. The lowest BCUT2D eigenvalue weighted by molar-refractivity contribution is -0.114. The van der Waals surface area contributed by atoms with E-state index in [4.69, 9.17) is 4.74 Å². The molecule has 2 heteroatoms. The fourth-order valence-corrected chi connectivity index (χ4v) is 9.68. The van der Waals surface area contributed by atoms with Crippen LogP contribution < -0.4 is 0 Å². The van der Waals surface area contributed by atoms with Gasteiger partial charge in [-0.25, -0.2) is 0 Å². The monoisotopic (exact) mass is 402 g/mol. The molecule has 1 aliphatic heterocycles. The van der Waals surface area contributed by atoms with E-state index in [0.29, 0.717) is 16.9 Å². The molecule has 1 heterocycles. The second-order valence-corrected chi connectivity index (χ2v) is 12.8. The van der Waals surface area contributed by atoms with Crippen molar-refractivity contribution in [2.45, 2.75) is 116 Å². The minimum Gasteiger partial charge on any atom is -0.393 e. The first-order chi connectivity index (χ1) is 13.8. The third kappa shape index (κ3) is 3.17. The lowest BCUT2D eigenvalue weighted by Crippen LogP contribution is -2.53. The summed E-state index contributed by atoms with van der Waals surface area (Å²) in [5.41, 5.74) is 1.03. The summed E-state index contributed by atoms with van der Waals surface area (Å²) in [4.78, 5) is 0. The Morgan fingerprint density at radius 3 is 2.45 bits per heavy atom. The fourth-order valence-electron chi connectivity index (χ4n) is 9.68. The number of aliphatic hydroxyl groups is 1. The first-order valence-corrected chi connectivity index (χ1v) is 13.1. The number of hydrogen-bond donors (Lipinski definition) is 1. The van der Waals surface area contributed by atoms with Crippen molar-refractivity contribution in [3.8, 4) is 0 Å². The Bertz CT molecular complexity index is 618. The predicted octanol–water partition coefficient (Wildman–Crippen LogP) is 6.60. The number of hydrogen-bond acceptors (Lipinski definition) is 2. The molecular weight excluding hydrogens is 356 g/mol. The van der Waals surface area contributed by atoms with Crippen LogP contribution in [0.15, 0.2) is 0 Å². The largest absolute Gasteiger partial charge is 0.393 e. The topological polar surface area (TPSA) is 32.8 Å². The van der Waals surface area contributed by atoms with Crippen molar-refractivity contribution < 1.29 is 9.84 Å². The van der Waals surface area contributed by atoms with Gasteiger partial charge in [-0.1, -0.05) is 33.6 Å². The maximum absolute atomic E-state index is 9.50. The molecule has 2 nitrogen and oxygen atoms in total. The molecule has 10 atom stereocenters. The SMILES string of the molecule is C[C@H](CCC1OC1(C)CO)[C@H]1CC[C@H]2[C@@H]3CCC4CCCC[C@]4(C)[C@H]3CC[C@]12C. The molecule has 5 fully saturated rings. The number of fused-ring (bicyclic) bond motifs is 5. The second kappa shape index (κ2) is 7.22. The normalized spacial score (nSPS) is 54.9. The zero-order valence-electron chi connectivity index (χ0n) is 19.6. The zero-order valence-corrected chi connectivity index (χ0v) is 19.6. The molecule has 5 rings (SSSR count). The molecule has 0 radical (unpaired) electrons. The van der Waals surface area contributed by atoms with E-state index in [1.165, 1.54) is 70.6 Å². The quantitative estimate of drug-likeness (QED) is 0.525. The Balaban J connectivity index is 1.26. The van der Waals surface area contributed by atoms with Crippen LogP contribution in [0.5, 0.6) is 0 Å².